The summed E-state index contributed by atoms with van der Waals surface area (Å²) < 4.78 is 0. The van der Waals surface area contributed by atoms with E-state index in [0.29, 0.717) is 19.6 Å². The summed E-state index contributed by atoms with van der Waals surface area (Å²) in [6.07, 6.45) is 1.58. The van der Waals surface area contributed by atoms with Crippen LogP contribution in [0.25, 0.3) is 0 Å². The van der Waals surface area contributed by atoms with Crippen LogP contribution >= 0.6 is 0 Å². The Morgan fingerprint density at radius 2 is 1.91 bits per heavy atom. The highest BCUT2D eigenvalue weighted by Gasteiger charge is 2.37. The zero-order valence-electron chi connectivity index (χ0n) is 13.4. The molecule has 0 aliphatic carbocycles. The molecule has 5 nitrogen and oxygen atoms in total. The average Bonchev–Trinajstić information content (AvgIpc) is 3.04. The first-order valence-corrected chi connectivity index (χ1v) is 7.99. The Labute approximate surface area is 132 Å². The standard InChI is InChI=1S/C17H25N3O2/c1-3-19(4-2)16(21)14-11-8-12-20(14)17(22)15(18)13-9-6-5-7-10-13/h5-7,9-10,14-15H,3-4,8,11-12,18H2,1-2H3/t14-,15-/m1/s1. The topological polar surface area (TPSA) is 66.6 Å². The van der Waals surface area contributed by atoms with Crippen molar-refractivity contribution in [2.75, 3.05) is 19.6 Å². The number of likely N-dealkylation sites (N-methyl/N-ethyl adjacent to an activating group) is 1. The Bertz CT molecular complexity index is 514. The fraction of sp³-hybridized carbons (Fsp3) is 0.529. The molecule has 0 saturated carbocycles. The lowest BCUT2D eigenvalue weighted by Crippen LogP contribution is -2.49. The minimum Gasteiger partial charge on any atom is -0.341 e. The highest BCUT2D eigenvalue weighted by molar-refractivity contribution is 5.90. The van der Waals surface area contributed by atoms with Crippen molar-refractivity contribution >= 4 is 11.8 Å². The zero-order valence-corrected chi connectivity index (χ0v) is 13.4. The number of rotatable bonds is 5. The Balaban J connectivity index is 2.13. The summed E-state index contributed by atoms with van der Waals surface area (Å²) in [6, 6.07) is 8.26. The molecule has 1 saturated heterocycles. The molecular formula is C17H25N3O2. The van der Waals surface area contributed by atoms with E-state index in [1.54, 1.807) is 9.80 Å². The molecule has 2 N–H and O–H groups in total. The number of amides is 2. The van der Waals surface area contributed by atoms with Crippen molar-refractivity contribution in [2.24, 2.45) is 5.73 Å². The van der Waals surface area contributed by atoms with Crippen LogP contribution in [0.2, 0.25) is 0 Å². The Hall–Kier alpha value is -1.88. The molecule has 2 rings (SSSR count). The first-order valence-electron chi connectivity index (χ1n) is 7.99. The molecular weight excluding hydrogens is 278 g/mol. The Morgan fingerprint density at radius 1 is 1.27 bits per heavy atom. The van der Waals surface area contributed by atoms with Gasteiger partial charge in [0.2, 0.25) is 11.8 Å². The van der Waals surface area contributed by atoms with E-state index >= 15 is 0 Å². The summed E-state index contributed by atoms with van der Waals surface area (Å²) in [4.78, 5) is 28.7. The molecule has 120 valence electrons. The highest BCUT2D eigenvalue weighted by Crippen LogP contribution is 2.23. The van der Waals surface area contributed by atoms with Crippen molar-refractivity contribution in [3.8, 4) is 0 Å². The summed E-state index contributed by atoms with van der Waals surface area (Å²) in [5.74, 6) is -0.120. The number of nitrogens with two attached hydrogens (primary N) is 1. The molecule has 0 bridgehead atoms. The van der Waals surface area contributed by atoms with Crippen LogP contribution in [0.3, 0.4) is 0 Å². The predicted octanol–water partition coefficient (Wildman–Crippen LogP) is 1.55. The molecule has 1 aromatic carbocycles. The second-order valence-electron chi connectivity index (χ2n) is 5.59. The monoisotopic (exact) mass is 303 g/mol. The Kier molecular flexibility index (Phi) is 5.55. The van der Waals surface area contributed by atoms with Crippen molar-refractivity contribution in [1.29, 1.82) is 0 Å². The molecule has 1 aliphatic heterocycles. The molecule has 2 atom stereocenters. The van der Waals surface area contributed by atoms with E-state index in [0.717, 1.165) is 18.4 Å². The molecule has 0 unspecified atom stereocenters. The molecule has 1 fully saturated rings. The minimum atomic E-state index is -0.702. The first kappa shape index (κ1) is 16.5. The second kappa shape index (κ2) is 7.40. The third-order valence-corrected chi connectivity index (χ3v) is 4.32. The maximum absolute atomic E-state index is 12.7. The van der Waals surface area contributed by atoms with E-state index in [4.69, 9.17) is 5.73 Å². The molecule has 5 heteroatoms. The second-order valence-corrected chi connectivity index (χ2v) is 5.59. The van der Waals surface area contributed by atoms with Crippen molar-refractivity contribution in [2.45, 2.75) is 38.8 Å². The lowest BCUT2D eigenvalue weighted by molar-refractivity contribution is -0.144. The Morgan fingerprint density at radius 3 is 2.50 bits per heavy atom. The van der Waals surface area contributed by atoms with Gasteiger partial charge in [-0.2, -0.15) is 0 Å². The van der Waals surface area contributed by atoms with E-state index in [9.17, 15) is 9.59 Å². The van der Waals surface area contributed by atoms with Crippen LogP contribution in [-0.2, 0) is 9.59 Å². The summed E-state index contributed by atoms with van der Waals surface area (Å²) in [5, 5.41) is 0. The van der Waals surface area contributed by atoms with Crippen molar-refractivity contribution in [3.63, 3.8) is 0 Å². The van der Waals surface area contributed by atoms with Crippen LogP contribution in [-0.4, -0.2) is 47.3 Å². The van der Waals surface area contributed by atoms with E-state index in [1.165, 1.54) is 0 Å². The fourth-order valence-corrected chi connectivity index (χ4v) is 3.01. The number of benzene rings is 1. The smallest absolute Gasteiger partial charge is 0.245 e. The molecule has 1 aromatic rings. The molecule has 1 aliphatic rings. The van der Waals surface area contributed by atoms with Crippen molar-refractivity contribution in [3.05, 3.63) is 35.9 Å². The van der Waals surface area contributed by atoms with Gasteiger partial charge in [-0.1, -0.05) is 30.3 Å². The summed E-state index contributed by atoms with van der Waals surface area (Å²) in [7, 11) is 0. The van der Waals surface area contributed by atoms with E-state index in [1.807, 2.05) is 44.2 Å². The van der Waals surface area contributed by atoms with Crippen LogP contribution in [0.4, 0.5) is 0 Å². The largest absolute Gasteiger partial charge is 0.341 e. The van der Waals surface area contributed by atoms with Gasteiger partial charge in [0.15, 0.2) is 0 Å². The molecule has 0 spiro atoms. The zero-order chi connectivity index (χ0) is 16.1. The van der Waals surface area contributed by atoms with Gasteiger partial charge in [0.25, 0.3) is 0 Å². The number of carbonyl (C=O) groups is 2. The van der Waals surface area contributed by atoms with Gasteiger partial charge in [-0.3, -0.25) is 9.59 Å². The number of carbonyl (C=O) groups excluding carboxylic acids is 2. The van der Waals surface area contributed by atoms with E-state index in [-0.39, 0.29) is 17.9 Å². The quantitative estimate of drug-likeness (QED) is 0.897. The van der Waals surface area contributed by atoms with Crippen molar-refractivity contribution in [1.82, 2.24) is 9.80 Å². The normalized spacial score (nSPS) is 19.0. The van der Waals surface area contributed by atoms with Gasteiger partial charge in [-0.05, 0) is 32.3 Å². The number of hydrogen-bond donors (Lipinski definition) is 1. The summed E-state index contributed by atoms with van der Waals surface area (Å²) in [6.45, 7) is 5.85. The maximum Gasteiger partial charge on any atom is 0.245 e. The summed E-state index contributed by atoms with van der Waals surface area (Å²) >= 11 is 0. The molecule has 0 aromatic heterocycles. The van der Waals surface area contributed by atoms with Gasteiger partial charge >= 0.3 is 0 Å². The van der Waals surface area contributed by atoms with Crippen LogP contribution < -0.4 is 5.73 Å². The van der Waals surface area contributed by atoms with Crippen molar-refractivity contribution < 1.29 is 9.59 Å². The molecule has 22 heavy (non-hydrogen) atoms. The SMILES string of the molecule is CCN(CC)C(=O)[C@H]1CCCN1C(=O)[C@H](N)c1ccccc1. The van der Waals surface area contributed by atoms with Crippen LogP contribution in [0.15, 0.2) is 30.3 Å². The van der Waals surface area contributed by atoms with Crippen LogP contribution in [0.1, 0.15) is 38.3 Å². The lowest BCUT2D eigenvalue weighted by atomic mass is 10.1. The van der Waals surface area contributed by atoms with Gasteiger partial charge in [-0.25, -0.2) is 0 Å². The highest BCUT2D eigenvalue weighted by atomic mass is 16.2. The predicted molar refractivity (Wildman–Crippen MR) is 86.0 cm³/mol. The van der Waals surface area contributed by atoms with Gasteiger partial charge in [0.05, 0.1) is 0 Å². The third-order valence-electron chi connectivity index (χ3n) is 4.32. The van der Waals surface area contributed by atoms with Crippen LogP contribution in [0, 0.1) is 0 Å². The van der Waals surface area contributed by atoms with Gasteiger partial charge in [-0.15, -0.1) is 0 Å². The number of nitrogens with zero attached hydrogens (tertiary/aromatic N) is 2. The molecule has 1 heterocycles. The van der Waals surface area contributed by atoms with E-state index in [2.05, 4.69) is 0 Å². The van der Waals surface area contributed by atoms with Gasteiger partial charge < -0.3 is 15.5 Å². The minimum absolute atomic E-state index is 0.0381. The number of likely N-dealkylation sites (tertiary alicyclic amines) is 1. The molecule has 0 radical (unpaired) electrons. The van der Waals surface area contributed by atoms with E-state index < -0.39 is 6.04 Å². The summed E-state index contributed by atoms with van der Waals surface area (Å²) in [5.41, 5.74) is 6.89. The maximum atomic E-state index is 12.7. The van der Waals surface area contributed by atoms with Gasteiger partial charge in [0, 0.05) is 19.6 Å². The third kappa shape index (κ3) is 3.30. The van der Waals surface area contributed by atoms with Gasteiger partial charge in [0.1, 0.15) is 12.1 Å². The average molecular weight is 303 g/mol. The fourth-order valence-electron chi connectivity index (χ4n) is 3.01. The first-order chi connectivity index (χ1) is 10.6. The molecule has 2 amide bonds. The lowest BCUT2D eigenvalue weighted by Gasteiger charge is -2.30. The van der Waals surface area contributed by atoms with Crippen LogP contribution in [0.5, 0.6) is 0 Å². The number of hydrogen-bond acceptors (Lipinski definition) is 3.